The molecule has 3 atom stereocenters. The molecule has 6 aromatic heterocycles. The van der Waals surface area contributed by atoms with Crippen LogP contribution in [-0.2, 0) is 52.2 Å². The summed E-state index contributed by atoms with van der Waals surface area (Å²) in [6.07, 6.45) is 16.3. The summed E-state index contributed by atoms with van der Waals surface area (Å²) >= 11 is 0. The third-order valence-electron chi connectivity index (χ3n) is 21.0. The van der Waals surface area contributed by atoms with Crippen LogP contribution in [0.3, 0.4) is 0 Å². The molecular formula is C84H93F3N21O13P. The van der Waals surface area contributed by atoms with Crippen LogP contribution in [0.5, 0.6) is 34.5 Å². The summed E-state index contributed by atoms with van der Waals surface area (Å²) in [5, 5.41) is 33.1. The van der Waals surface area contributed by atoms with Gasteiger partial charge in [0.15, 0.2) is 52.0 Å². The number of carbonyl (C=O) groups excluding carboxylic acids is 3. The Morgan fingerprint density at radius 2 is 0.721 bits per heavy atom. The number of fused-ring (bicyclic) bond motifs is 3. The number of halogens is 3. The molecule has 34 nitrogen and oxygen atoms in total. The lowest BCUT2D eigenvalue weighted by Gasteiger charge is -2.30. The first-order valence-corrected chi connectivity index (χ1v) is 41.7. The van der Waals surface area contributed by atoms with Gasteiger partial charge in [0.1, 0.15) is 73.5 Å². The van der Waals surface area contributed by atoms with Gasteiger partial charge in [-0.25, -0.2) is 47.6 Å². The molecule has 12 aromatic rings. The Morgan fingerprint density at radius 1 is 0.410 bits per heavy atom. The summed E-state index contributed by atoms with van der Waals surface area (Å²) in [6, 6.07) is 32.6. The smallest absolute Gasteiger partial charge is 0.474 e. The van der Waals surface area contributed by atoms with Crippen LogP contribution in [0.15, 0.2) is 165 Å². The number of phosphoric ester groups is 1. The van der Waals surface area contributed by atoms with Gasteiger partial charge in [-0.05, 0) is 150 Å². The SMILES string of the molecule is COc1cc2c(Nc3ccn(CC(=O)Nc4cccc(F)c4)n3)ncnc2cc1OCCCN1CCC[C@H]1COP(=O)(OC[C@@H]1CCCN1CCCOc1cc2ncnc(Nc3ccn(CC(=O)Nc4cccc(F)c4)n3)c2cc1OC)OC[C@@H]1CCCN1CCCOc1cc2ncnc(Nc3ccn(CC(=O)Nc4cccc(F)c4)n3)c2cc1OC. The van der Waals surface area contributed by atoms with Crippen LogP contribution in [0.2, 0.25) is 0 Å². The minimum atomic E-state index is -4.21. The fraction of sp³-hybridized carbons (Fsp3) is 0.357. The van der Waals surface area contributed by atoms with Crippen molar-refractivity contribution in [3.8, 4) is 34.5 Å². The van der Waals surface area contributed by atoms with Gasteiger partial charge in [-0.1, -0.05) is 18.2 Å². The molecule has 38 heteroatoms. The molecule has 122 heavy (non-hydrogen) atoms. The molecule has 0 spiro atoms. The first-order valence-electron chi connectivity index (χ1n) is 40.2. The van der Waals surface area contributed by atoms with Crippen molar-refractivity contribution < 1.29 is 74.1 Å². The highest BCUT2D eigenvalue weighted by atomic mass is 31.2. The Labute approximate surface area is 699 Å². The number of hydrogen-bond acceptors (Lipinski definition) is 28. The zero-order valence-electron chi connectivity index (χ0n) is 67.4. The third-order valence-corrected chi connectivity index (χ3v) is 22.4. The standard InChI is InChI=1S/C84H93F3N21O13P/c1-113-70-40-64-67(88-52-91-82(64)97-76-22-31-106(100-76)46-79(109)94-58-16-4-13-55(85)37-58)43-73(70)116-34-10-28-103-25-7-19-61(103)49-119-122(112,120-50-62-20-8-26-104(62)29-11-35-117-74-44-68-65(41-71(74)114-2)83(92-53-89-68)98-77-23-32-107(101-77)47-80(110)95-59-17-5-14-56(86)38-59)121-51-63-21-9-27-105(63)30-12-36-118-75-45-69-66(42-72(75)115-3)84(93-54-90-69)99-78-24-33-108(102-78)48-81(111)96-60-18-6-15-57(87)39-60/h4-6,13-18,22-24,31-33,37-45,52-54,61-63H,7-12,19-21,25-30,34-36,46-51H2,1-3H3,(H,94,109)(H,95,110)(H,96,111)(H,88,91,97,100)(H,89,92,98,101)(H,90,93,99,102)/t61-,62-,63-/m0/s1. The molecule has 3 amide bonds. The molecule has 0 unspecified atom stereocenters. The molecule has 3 aliphatic rings. The molecule has 9 heterocycles. The maximum Gasteiger partial charge on any atom is 0.474 e. The lowest BCUT2D eigenvalue weighted by Crippen LogP contribution is -2.36. The van der Waals surface area contributed by atoms with E-state index in [1.54, 1.807) is 113 Å². The average Bonchev–Trinajstić information content (AvgIpc) is 0.975. The Hall–Kier alpha value is -12.6. The van der Waals surface area contributed by atoms with Crippen LogP contribution >= 0.6 is 7.82 Å². The second-order valence-electron chi connectivity index (χ2n) is 29.4. The summed E-state index contributed by atoms with van der Waals surface area (Å²) < 4.78 is 117. The van der Waals surface area contributed by atoms with Gasteiger partial charge in [0.2, 0.25) is 17.7 Å². The molecule has 3 fully saturated rings. The van der Waals surface area contributed by atoms with E-state index >= 15 is 4.57 Å². The number of carbonyl (C=O) groups is 3. The highest BCUT2D eigenvalue weighted by molar-refractivity contribution is 7.48. The van der Waals surface area contributed by atoms with E-state index in [2.05, 4.69) is 91.8 Å². The van der Waals surface area contributed by atoms with Crippen molar-refractivity contribution in [1.29, 1.82) is 0 Å². The van der Waals surface area contributed by atoms with E-state index in [-0.39, 0.29) is 75.3 Å². The number of methoxy groups -OCH3 is 3. The van der Waals surface area contributed by atoms with Gasteiger partial charge in [-0.15, -0.1) is 0 Å². The fourth-order valence-electron chi connectivity index (χ4n) is 15.1. The number of nitrogens with one attached hydrogen (secondary N) is 6. The molecule has 3 aliphatic heterocycles. The number of amides is 3. The highest BCUT2D eigenvalue weighted by Gasteiger charge is 2.37. The summed E-state index contributed by atoms with van der Waals surface area (Å²) in [5.41, 5.74) is 2.78. The van der Waals surface area contributed by atoms with Gasteiger partial charge < -0.3 is 60.3 Å². The topological polar surface area (TPSA) is 364 Å². The van der Waals surface area contributed by atoms with Crippen molar-refractivity contribution in [2.45, 2.75) is 95.5 Å². The number of rotatable bonds is 42. The lowest BCUT2D eigenvalue weighted by molar-refractivity contribution is -0.117. The number of benzene rings is 6. The van der Waals surface area contributed by atoms with Gasteiger partial charge in [0.25, 0.3) is 0 Å². The summed E-state index contributed by atoms with van der Waals surface area (Å²) in [7, 11) is 0.476. The normalized spacial score (nSPS) is 15.7. The fourth-order valence-corrected chi connectivity index (χ4v) is 16.4. The molecule has 0 bridgehead atoms. The van der Waals surface area contributed by atoms with Crippen molar-refractivity contribution in [3.63, 3.8) is 0 Å². The number of anilines is 9. The van der Waals surface area contributed by atoms with Crippen LogP contribution in [0, 0.1) is 17.5 Å². The second kappa shape index (κ2) is 40.2. The van der Waals surface area contributed by atoms with E-state index in [0.29, 0.717) is 178 Å². The van der Waals surface area contributed by atoms with Crippen LogP contribution in [-0.4, -0.2) is 210 Å². The van der Waals surface area contributed by atoms with Crippen molar-refractivity contribution in [2.75, 3.05) is 132 Å². The Balaban J connectivity index is 0.556. The number of phosphoric acid groups is 1. The second-order valence-corrected chi connectivity index (χ2v) is 31.1. The van der Waals surface area contributed by atoms with Crippen molar-refractivity contribution in [2.24, 2.45) is 0 Å². The van der Waals surface area contributed by atoms with E-state index in [0.717, 1.165) is 58.2 Å². The van der Waals surface area contributed by atoms with Gasteiger partial charge in [0, 0.05) is 126 Å². The molecule has 0 radical (unpaired) electrons. The summed E-state index contributed by atoms with van der Waals surface area (Å²) in [6.45, 7) is 5.45. The molecule has 0 saturated carbocycles. The van der Waals surface area contributed by atoms with E-state index < -0.39 is 25.3 Å². The number of nitrogens with zero attached hydrogens (tertiary/aromatic N) is 15. The number of aromatic nitrogens is 12. The maximum absolute atomic E-state index is 15.4. The minimum absolute atomic E-state index is 0.0808. The van der Waals surface area contributed by atoms with Gasteiger partial charge in [-0.2, -0.15) is 15.3 Å². The Morgan fingerprint density at radius 3 is 1.02 bits per heavy atom. The Bertz CT molecular complexity index is 5150. The average molecular weight is 1690 g/mol. The quantitative estimate of drug-likeness (QED) is 0.0153. The van der Waals surface area contributed by atoms with E-state index in [1.807, 2.05) is 0 Å². The number of hydrogen-bond donors (Lipinski definition) is 6. The maximum atomic E-state index is 15.4. The molecule has 6 aromatic carbocycles. The molecule has 0 aliphatic carbocycles. The predicted octanol–water partition coefficient (Wildman–Crippen LogP) is 13.0. The largest absolute Gasteiger partial charge is 0.493 e. The van der Waals surface area contributed by atoms with Crippen LogP contribution in [0.25, 0.3) is 32.7 Å². The van der Waals surface area contributed by atoms with Crippen LogP contribution in [0.4, 0.5) is 65.1 Å². The van der Waals surface area contributed by atoms with Gasteiger partial charge in [-0.3, -0.25) is 56.7 Å². The lowest BCUT2D eigenvalue weighted by atomic mass is 10.2. The summed E-state index contributed by atoms with van der Waals surface area (Å²) in [5.74, 6) is 3.03. The first-order chi connectivity index (χ1) is 59.5. The Kier molecular flexibility index (Phi) is 27.8. The minimum Gasteiger partial charge on any atom is -0.493 e. The third kappa shape index (κ3) is 22.3. The molecule has 638 valence electrons. The molecular weight excluding hydrogens is 1600 g/mol. The van der Waals surface area contributed by atoms with Crippen molar-refractivity contribution in [1.82, 2.24) is 73.9 Å². The molecule has 6 N–H and O–H groups in total. The van der Waals surface area contributed by atoms with E-state index in [4.69, 9.17) is 42.0 Å². The van der Waals surface area contributed by atoms with Crippen molar-refractivity contribution in [3.05, 3.63) is 182 Å². The number of ether oxygens (including phenoxy) is 6. The first kappa shape index (κ1) is 84.4. The van der Waals surface area contributed by atoms with E-state index in [1.165, 1.54) is 87.6 Å². The zero-order chi connectivity index (χ0) is 84.3. The van der Waals surface area contributed by atoms with Gasteiger partial charge >= 0.3 is 7.82 Å². The zero-order valence-corrected chi connectivity index (χ0v) is 68.3. The van der Waals surface area contributed by atoms with Crippen LogP contribution in [0.1, 0.15) is 57.8 Å². The van der Waals surface area contributed by atoms with Crippen LogP contribution < -0.4 is 60.3 Å². The molecule has 3 saturated heterocycles. The van der Waals surface area contributed by atoms with Crippen molar-refractivity contribution >= 4 is 110 Å². The molecule has 15 rings (SSSR count). The highest BCUT2D eigenvalue weighted by Crippen LogP contribution is 2.51. The van der Waals surface area contributed by atoms with Gasteiger partial charge in [0.05, 0.1) is 77.5 Å². The predicted molar refractivity (Wildman–Crippen MR) is 449 cm³/mol. The monoisotopic (exact) mass is 1690 g/mol. The van der Waals surface area contributed by atoms with E-state index in [9.17, 15) is 27.6 Å². The summed E-state index contributed by atoms with van der Waals surface area (Å²) in [4.78, 5) is 72.3. The number of likely N-dealkylation sites (tertiary alicyclic amines) is 3.